The maximum absolute atomic E-state index is 12.3. The molecule has 0 aromatic heterocycles. The Kier molecular flexibility index (Phi) is 4.28. The lowest BCUT2D eigenvalue weighted by Gasteiger charge is -2.26. The molecule has 0 amide bonds. The van der Waals surface area contributed by atoms with Gasteiger partial charge >= 0.3 is 0 Å². The van der Waals surface area contributed by atoms with Crippen molar-refractivity contribution in [2.24, 2.45) is 0 Å². The van der Waals surface area contributed by atoms with E-state index in [0.717, 1.165) is 0 Å². The van der Waals surface area contributed by atoms with E-state index in [1.54, 1.807) is 30.3 Å². The van der Waals surface area contributed by atoms with Crippen LogP contribution in [-0.2, 0) is 26.0 Å². The average molecular weight is 287 g/mol. The Bertz CT molecular complexity index is 558. The molecule has 1 aliphatic heterocycles. The minimum absolute atomic E-state index is 0.0198. The fraction of sp³-hybridized carbons (Fsp3) is 0.364. The molecule has 0 radical (unpaired) electrons. The summed E-state index contributed by atoms with van der Waals surface area (Å²) in [6, 6.07) is 8.44. The summed E-state index contributed by atoms with van der Waals surface area (Å²) in [5.74, 6) is 0. The molecule has 1 saturated heterocycles. The highest BCUT2D eigenvalue weighted by Gasteiger charge is 2.30. The minimum Gasteiger partial charge on any atom is -0.379 e. The van der Waals surface area contributed by atoms with Gasteiger partial charge in [0.1, 0.15) is 11.3 Å². The highest BCUT2D eigenvalue weighted by Crippen LogP contribution is 2.12. The van der Waals surface area contributed by atoms with Gasteiger partial charge in [0, 0.05) is 18.7 Å². The predicted octanol–water partition coefficient (Wildman–Crippen LogP) is 0.0396. The number of benzene rings is 1. The molecule has 0 spiro atoms. The van der Waals surface area contributed by atoms with Crippen LogP contribution in [0.25, 0.3) is 0 Å². The Morgan fingerprint density at radius 2 is 1.78 bits per heavy atom. The summed E-state index contributed by atoms with van der Waals surface area (Å²) in [6.07, 6.45) is 0. The van der Waals surface area contributed by atoms with Gasteiger partial charge in [-0.2, -0.15) is 4.31 Å². The van der Waals surface area contributed by atoms with Gasteiger partial charge in [-0.25, -0.2) is 12.6 Å². The molecule has 0 bridgehead atoms. The number of hydrogen-bond acceptors (Lipinski definition) is 4. The number of ether oxygens (including phenoxy) is 1. The summed E-state index contributed by atoms with van der Waals surface area (Å²) in [7, 11) is -3.71. The van der Waals surface area contributed by atoms with Crippen molar-refractivity contribution < 1.29 is 17.4 Å². The lowest BCUT2D eigenvalue weighted by Crippen LogP contribution is -2.43. The SMILES string of the molecule is O=S=C(c1ccccc1)S(=O)(=O)N1CCOCC1. The van der Waals surface area contributed by atoms with E-state index in [0.29, 0.717) is 31.9 Å². The molecule has 1 fully saturated rings. The van der Waals surface area contributed by atoms with Crippen LogP contribution in [0.4, 0.5) is 0 Å². The number of rotatable bonds is 2. The first kappa shape index (κ1) is 13.4. The second-order valence-electron chi connectivity index (χ2n) is 3.75. The largest absolute Gasteiger partial charge is 0.379 e. The van der Waals surface area contributed by atoms with Crippen LogP contribution in [0, 0.1) is 0 Å². The normalized spacial score (nSPS) is 17.3. The fourth-order valence-electron chi connectivity index (χ4n) is 1.72. The predicted molar refractivity (Wildman–Crippen MR) is 70.0 cm³/mol. The summed E-state index contributed by atoms with van der Waals surface area (Å²) in [5, 5.41) is 0. The summed E-state index contributed by atoms with van der Waals surface area (Å²) in [4.78, 5) is 0. The van der Waals surface area contributed by atoms with E-state index in [4.69, 9.17) is 4.74 Å². The maximum Gasteiger partial charge on any atom is 0.256 e. The van der Waals surface area contributed by atoms with E-state index in [1.165, 1.54) is 4.31 Å². The van der Waals surface area contributed by atoms with Gasteiger partial charge in [-0.15, -0.1) is 0 Å². The van der Waals surface area contributed by atoms with Crippen LogP contribution in [0.15, 0.2) is 30.3 Å². The summed E-state index contributed by atoms with van der Waals surface area (Å²) in [6.45, 7) is 1.31. The van der Waals surface area contributed by atoms with Gasteiger partial charge in [-0.05, 0) is 0 Å². The first-order valence-corrected chi connectivity index (χ1v) is 7.64. The fourth-order valence-corrected chi connectivity index (χ4v) is 3.91. The molecule has 0 unspecified atom stereocenters. The van der Waals surface area contributed by atoms with E-state index >= 15 is 0 Å². The molecule has 1 aromatic carbocycles. The molecule has 0 saturated carbocycles. The summed E-state index contributed by atoms with van der Waals surface area (Å²) >= 11 is 0.0198. The third-order valence-corrected chi connectivity index (χ3v) is 5.60. The lowest BCUT2D eigenvalue weighted by molar-refractivity contribution is 0.0738. The molecule has 2 rings (SSSR count). The van der Waals surface area contributed by atoms with Crippen LogP contribution in [-0.4, -0.2) is 47.4 Å². The Labute approximate surface area is 109 Å². The van der Waals surface area contributed by atoms with Crippen molar-refractivity contribution in [3.05, 3.63) is 35.9 Å². The Balaban J connectivity index is 2.36. The van der Waals surface area contributed by atoms with Gasteiger partial charge in [-0.1, -0.05) is 30.3 Å². The van der Waals surface area contributed by atoms with Crippen molar-refractivity contribution in [3.8, 4) is 0 Å². The Morgan fingerprint density at radius 3 is 2.33 bits per heavy atom. The van der Waals surface area contributed by atoms with Crippen LogP contribution < -0.4 is 0 Å². The molecule has 0 N–H and O–H groups in total. The van der Waals surface area contributed by atoms with Gasteiger partial charge in [-0.3, -0.25) is 0 Å². The van der Waals surface area contributed by atoms with E-state index in [2.05, 4.69) is 0 Å². The molecule has 0 atom stereocenters. The van der Waals surface area contributed by atoms with Crippen LogP contribution in [0.5, 0.6) is 0 Å². The molecule has 7 heteroatoms. The maximum atomic E-state index is 12.3. The van der Waals surface area contributed by atoms with Crippen LogP contribution in [0.2, 0.25) is 0 Å². The zero-order valence-corrected chi connectivity index (χ0v) is 11.2. The molecule has 0 aliphatic carbocycles. The van der Waals surface area contributed by atoms with Gasteiger partial charge < -0.3 is 4.74 Å². The Hall–Kier alpha value is -1.02. The van der Waals surface area contributed by atoms with E-state index < -0.39 is 10.0 Å². The lowest BCUT2D eigenvalue weighted by atomic mass is 10.2. The number of morpholine rings is 1. The van der Waals surface area contributed by atoms with Crippen LogP contribution in [0.1, 0.15) is 5.56 Å². The van der Waals surface area contributed by atoms with Crippen LogP contribution >= 0.6 is 0 Å². The molecule has 1 heterocycles. The molecule has 18 heavy (non-hydrogen) atoms. The summed E-state index contributed by atoms with van der Waals surface area (Å²) < 4.78 is 42.1. The van der Waals surface area contributed by atoms with Crippen LogP contribution in [0.3, 0.4) is 0 Å². The quantitative estimate of drug-likeness (QED) is 0.721. The van der Waals surface area contributed by atoms with Gasteiger partial charge in [0.15, 0.2) is 4.20 Å². The zero-order valence-electron chi connectivity index (χ0n) is 9.61. The molecule has 1 aromatic rings. The number of sulfonamides is 1. The second-order valence-corrected chi connectivity index (χ2v) is 6.46. The van der Waals surface area contributed by atoms with E-state index in [-0.39, 0.29) is 15.5 Å². The van der Waals surface area contributed by atoms with Crippen molar-refractivity contribution in [2.75, 3.05) is 26.3 Å². The highest BCUT2D eigenvalue weighted by molar-refractivity contribution is 8.13. The van der Waals surface area contributed by atoms with Gasteiger partial charge in [0.25, 0.3) is 10.0 Å². The molecule has 1 aliphatic rings. The molecule has 5 nitrogen and oxygen atoms in total. The molecular formula is C11H13NO4S2. The van der Waals surface area contributed by atoms with Crippen molar-refractivity contribution in [3.63, 3.8) is 0 Å². The second kappa shape index (κ2) is 5.75. The minimum atomic E-state index is -3.71. The van der Waals surface area contributed by atoms with E-state index in [9.17, 15) is 12.6 Å². The number of nitrogens with zero attached hydrogens (tertiary/aromatic N) is 1. The first-order chi connectivity index (χ1) is 8.66. The van der Waals surface area contributed by atoms with Crippen molar-refractivity contribution in [1.82, 2.24) is 4.31 Å². The topological polar surface area (TPSA) is 63.7 Å². The third kappa shape index (κ3) is 2.69. The van der Waals surface area contributed by atoms with Gasteiger partial charge in [0.2, 0.25) is 0 Å². The van der Waals surface area contributed by atoms with Crippen molar-refractivity contribution in [1.29, 1.82) is 0 Å². The third-order valence-electron chi connectivity index (χ3n) is 2.63. The van der Waals surface area contributed by atoms with Crippen molar-refractivity contribution >= 4 is 25.5 Å². The highest BCUT2D eigenvalue weighted by atomic mass is 32.2. The van der Waals surface area contributed by atoms with E-state index in [1.807, 2.05) is 0 Å². The first-order valence-electron chi connectivity index (χ1n) is 5.46. The molecular weight excluding hydrogens is 274 g/mol. The smallest absolute Gasteiger partial charge is 0.256 e. The zero-order chi connectivity index (χ0) is 13.0. The van der Waals surface area contributed by atoms with Crippen molar-refractivity contribution in [2.45, 2.75) is 0 Å². The standard InChI is InChI=1S/C11H13NO4S2/c13-17-11(10-4-2-1-3-5-10)18(14,15)12-6-8-16-9-7-12/h1-5H,6-9H2. The number of hydrogen-bond donors (Lipinski definition) is 0. The average Bonchev–Trinajstić information content (AvgIpc) is 2.41. The van der Waals surface area contributed by atoms with Gasteiger partial charge in [0.05, 0.1) is 13.2 Å². The molecule has 98 valence electrons. The Morgan fingerprint density at radius 1 is 1.17 bits per heavy atom. The monoisotopic (exact) mass is 287 g/mol. The summed E-state index contributed by atoms with van der Waals surface area (Å²) in [5.41, 5.74) is 0.434.